The van der Waals surface area contributed by atoms with Crippen LogP contribution in [0, 0.1) is 5.92 Å². The molecule has 17 heteroatoms. The smallest absolute Gasteiger partial charge is 0.326 e. The SMILES string of the molecule is CC/C1=C/c2ccccc2CN(C(=O)CCC(=O)NCCOCCOCCOCCOCCC(=O)N[C@H](C(=O)N[C@@H](CCCNC(N)=O)C(=O)O)C(C)C)c2ccccc21. The molecule has 3 rings (SSSR count). The Hall–Kier alpha value is -5.36. The fourth-order valence-corrected chi connectivity index (χ4v) is 6.29. The Labute approximate surface area is 352 Å². The number of carboxylic acids is 1. The number of urea groups is 1. The number of carboxylic acid groups (broad SMARTS) is 1. The van der Waals surface area contributed by atoms with E-state index in [0.29, 0.717) is 46.1 Å². The number of rotatable bonds is 28. The van der Waals surface area contributed by atoms with Crippen LogP contribution in [0.5, 0.6) is 0 Å². The first-order valence-corrected chi connectivity index (χ1v) is 20.5. The van der Waals surface area contributed by atoms with Gasteiger partial charge < -0.3 is 56.0 Å². The molecule has 0 aliphatic carbocycles. The maximum absolute atomic E-state index is 13.5. The number of carbonyl (C=O) groups excluding carboxylic acids is 5. The molecular formula is C43H62N6O11. The summed E-state index contributed by atoms with van der Waals surface area (Å²) in [6, 6.07) is 13.1. The molecule has 330 valence electrons. The molecule has 17 nitrogen and oxygen atoms in total. The molecule has 0 aromatic heterocycles. The highest BCUT2D eigenvalue weighted by Gasteiger charge is 2.29. The molecule has 60 heavy (non-hydrogen) atoms. The van der Waals surface area contributed by atoms with Crippen LogP contribution in [0.4, 0.5) is 10.5 Å². The molecule has 2 aromatic carbocycles. The quantitative estimate of drug-likeness (QED) is 0.0682. The minimum absolute atomic E-state index is 0.00781. The number of allylic oxidation sites excluding steroid dienone is 1. The lowest BCUT2D eigenvalue weighted by Crippen LogP contribution is -2.53. The number of hydrogen-bond acceptors (Lipinski definition) is 10. The predicted molar refractivity (Wildman–Crippen MR) is 226 cm³/mol. The number of nitrogens with one attached hydrogen (secondary N) is 4. The van der Waals surface area contributed by atoms with Crippen molar-refractivity contribution < 1.29 is 52.8 Å². The highest BCUT2D eigenvalue weighted by Crippen LogP contribution is 2.35. The van der Waals surface area contributed by atoms with Crippen LogP contribution in [-0.2, 0) is 49.5 Å². The third-order valence-electron chi connectivity index (χ3n) is 9.51. The summed E-state index contributed by atoms with van der Waals surface area (Å²) in [5.41, 5.74) is 10.2. The fraction of sp³-hybridized carbons (Fsp3) is 0.535. The summed E-state index contributed by atoms with van der Waals surface area (Å²) < 4.78 is 22.0. The van der Waals surface area contributed by atoms with Crippen molar-refractivity contribution >= 4 is 53.0 Å². The topological polar surface area (TPSA) is 237 Å². The molecule has 0 radical (unpaired) electrons. The number of anilines is 1. The van der Waals surface area contributed by atoms with Gasteiger partial charge in [-0.05, 0) is 47.9 Å². The maximum atomic E-state index is 13.5. The molecule has 0 saturated heterocycles. The summed E-state index contributed by atoms with van der Waals surface area (Å²) in [5, 5.41) is 19.7. The second-order valence-corrected chi connectivity index (χ2v) is 14.4. The summed E-state index contributed by atoms with van der Waals surface area (Å²) in [6.45, 7) is 8.73. The van der Waals surface area contributed by atoms with E-state index in [9.17, 15) is 33.9 Å². The first-order chi connectivity index (χ1) is 28.9. The van der Waals surface area contributed by atoms with E-state index in [1.54, 1.807) is 18.7 Å². The number of benzene rings is 2. The predicted octanol–water partition coefficient (Wildman–Crippen LogP) is 3.00. The summed E-state index contributed by atoms with van der Waals surface area (Å²) in [7, 11) is 0. The highest BCUT2D eigenvalue weighted by molar-refractivity contribution is 6.00. The lowest BCUT2D eigenvalue weighted by molar-refractivity contribution is -0.142. The van der Waals surface area contributed by atoms with E-state index in [4.69, 9.17) is 24.7 Å². The molecule has 2 atom stereocenters. The lowest BCUT2D eigenvalue weighted by atomic mass is 9.93. The van der Waals surface area contributed by atoms with Gasteiger partial charge in [-0.1, -0.05) is 69.3 Å². The zero-order valence-electron chi connectivity index (χ0n) is 35.0. The van der Waals surface area contributed by atoms with Gasteiger partial charge in [0.05, 0.1) is 65.1 Å². The van der Waals surface area contributed by atoms with Crippen LogP contribution < -0.4 is 31.9 Å². The first-order valence-electron chi connectivity index (χ1n) is 20.5. The number of para-hydroxylation sites is 1. The number of primary amides is 1. The van der Waals surface area contributed by atoms with Crippen LogP contribution in [0.25, 0.3) is 11.6 Å². The van der Waals surface area contributed by atoms with Crippen molar-refractivity contribution in [2.75, 3.05) is 70.8 Å². The van der Waals surface area contributed by atoms with Crippen molar-refractivity contribution in [2.45, 2.75) is 77.9 Å². The standard InChI is InChI=1S/C43H62N6O11/c1-4-31-28-32-10-5-6-11-33(32)29-49(36-14-8-7-12-34(31)36)39(52)16-15-37(50)45-19-21-58-23-25-60-27-26-59-24-22-57-20-17-38(51)48-40(30(2)3)41(53)47-35(42(54)55)13-9-18-46-43(44)56/h5-8,10-12,14,28,30,35,40H,4,9,13,15-27,29H2,1-3H3,(H,45,50)(H,47,53)(H,48,51)(H,54,55)(H3,44,46,56)/b31-28-/t35-,40-/m0/s1. The van der Waals surface area contributed by atoms with E-state index in [1.807, 2.05) is 42.5 Å². The molecule has 2 aromatic rings. The van der Waals surface area contributed by atoms with Crippen molar-refractivity contribution in [3.8, 4) is 0 Å². The summed E-state index contributed by atoms with van der Waals surface area (Å²) in [5.74, 6) is -2.92. The van der Waals surface area contributed by atoms with Crippen molar-refractivity contribution in [1.29, 1.82) is 0 Å². The second kappa shape index (κ2) is 27.4. The minimum Gasteiger partial charge on any atom is -0.480 e. The van der Waals surface area contributed by atoms with Crippen molar-refractivity contribution in [2.24, 2.45) is 11.7 Å². The number of hydrogen-bond donors (Lipinski definition) is 6. The molecule has 1 heterocycles. The van der Waals surface area contributed by atoms with Crippen LogP contribution >= 0.6 is 0 Å². The third kappa shape index (κ3) is 17.9. The number of carbonyl (C=O) groups is 6. The molecule has 0 saturated carbocycles. The molecule has 0 unspecified atom stereocenters. The fourth-order valence-electron chi connectivity index (χ4n) is 6.29. The van der Waals surface area contributed by atoms with Crippen LogP contribution in [0.2, 0.25) is 0 Å². The van der Waals surface area contributed by atoms with Crippen LogP contribution in [-0.4, -0.2) is 119 Å². The van der Waals surface area contributed by atoms with Crippen molar-refractivity contribution in [1.82, 2.24) is 21.3 Å². The van der Waals surface area contributed by atoms with E-state index < -0.39 is 35.9 Å². The molecule has 0 fully saturated rings. The Balaban J connectivity index is 1.19. The van der Waals surface area contributed by atoms with Gasteiger partial charge in [0.15, 0.2) is 0 Å². The molecule has 7 N–H and O–H groups in total. The van der Waals surface area contributed by atoms with Gasteiger partial charge >= 0.3 is 12.0 Å². The van der Waals surface area contributed by atoms with E-state index in [1.165, 1.54) is 0 Å². The van der Waals surface area contributed by atoms with Crippen LogP contribution in [0.3, 0.4) is 0 Å². The Kier molecular flexibility index (Phi) is 22.4. The minimum atomic E-state index is -1.23. The number of aliphatic carboxylic acids is 1. The molecule has 1 aliphatic heterocycles. The maximum Gasteiger partial charge on any atom is 0.326 e. The normalized spacial score (nSPS) is 14.0. The van der Waals surface area contributed by atoms with E-state index >= 15 is 0 Å². The number of ether oxygens (including phenoxy) is 4. The largest absolute Gasteiger partial charge is 0.480 e. The van der Waals surface area contributed by atoms with E-state index in [2.05, 4.69) is 40.3 Å². The van der Waals surface area contributed by atoms with Gasteiger partial charge in [-0.3, -0.25) is 19.2 Å². The molecular weight excluding hydrogens is 777 g/mol. The number of amides is 6. The summed E-state index contributed by atoms with van der Waals surface area (Å²) >= 11 is 0. The van der Waals surface area contributed by atoms with Gasteiger partial charge in [-0.25, -0.2) is 9.59 Å². The van der Waals surface area contributed by atoms with Gasteiger partial charge in [0.25, 0.3) is 0 Å². The Morgan fingerprint density at radius 1 is 0.750 bits per heavy atom. The Bertz CT molecular complexity index is 1740. The van der Waals surface area contributed by atoms with Gasteiger partial charge in [-0.15, -0.1) is 0 Å². The van der Waals surface area contributed by atoms with E-state index in [0.717, 1.165) is 34.4 Å². The van der Waals surface area contributed by atoms with Crippen molar-refractivity contribution in [3.05, 3.63) is 65.2 Å². The average Bonchev–Trinajstić information content (AvgIpc) is 3.21. The number of fused-ring (bicyclic) bond motifs is 2. The number of nitrogens with two attached hydrogens (primary N) is 1. The first kappa shape index (κ1) is 49.0. The zero-order valence-corrected chi connectivity index (χ0v) is 35.0. The van der Waals surface area contributed by atoms with Gasteiger partial charge in [0.2, 0.25) is 23.6 Å². The highest BCUT2D eigenvalue weighted by atomic mass is 16.6. The van der Waals surface area contributed by atoms with Crippen LogP contribution in [0.1, 0.15) is 76.0 Å². The molecule has 6 amide bonds. The molecule has 0 bridgehead atoms. The Morgan fingerprint density at radius 2 is 1.38 bits per heavy atom. The van der Waals surface area contributed by atoms with Crippen molar-refractivity contribution in [3.63, 3.8) is 0 Å². The van der Waals surface area contributed by atoms with Gasteiger partial charge in [0, 0.05) is 37.9 Å². The summed E-state index contributed by atoms with van der Waals surface area (Å²) in [6.07, 6.45) is 3.51. The summed E-state index contributed by atoms with van der Waals surface area (Å²) in [4.78, 5) is 75.5. The zero-order chi connectivity index (χ0) is 43.7. The monoisotopic (exact) mass is 838 g/mol. The van der Waals surface area contributed by atoms with E-state index in [-0.39, 0.29) is 76.2 Å². The van der Waals surface area contributed by atoms with Gasteiger partial charge in [0.1, 0.15) is 12.1 Å². The van der Waals surface area contributed by atoms with Crippen LogP contribution in [0.15, 0.2) is 48.5 Å². The Morgan fingerprint density at radius 3 is 2.03 bits per heavy atom. The average molecular weight is 839 g/mol. The lowest BCUT2D eigenvalue weighted by Gasteiger charge is -2.29. The second-order valence-electron chi connectivity index (χ2n) is 14.4. The number of nitrogens with zero attached hydrogens (tertiary/aromatic N) is 1. The third-order valence-corrected chi connectivity index (χ3v) is 9.51. The van der Waals surface area contributed by atoms with Gasteiger partial charge in [-0.2, -0.15) is 0 Å². The molecule has 1 aliphatic rings. The molecule has 0 spiro atoms.